The highest BCUT2D eigenvalue weighted by molar-refractivity contribution is 7.16. The van der Waals surface area contributed by atoms with Gasteiger partial charge in [0.2, 0.25) is 5.82 Å². The molecule has 3 aromatic rings. The molecule has 0 radical (unpaired) electrons. The second kappa shape index (κ2) is 7.27. The van der Waals surface area contributed by atoms with Crippen LogP contribution in [0.2, 0.25) is 0 Å². The number of benzene rings is 1. The Morgan fingerprint density at radius 3 is 2.76 bits per heavy atom. The van der Waals surface area contributed by atoms with Gasteiger partial charge in [-0.2, -0.15) is 0 Å². The van der Waals surface area contributed by atoms with Crippen molar-refractivity contribution in [1.82, 2.24) is 15.3 Å². The number of amides is 1. The van der Waals surface area contributed by atoms with E-state index in [-0.39, 0.29) is 24.9 Å². The van der Waals surface area contributed by atoms with Crippen molar-refractivity contribution in [2.45, 2.75) is 13.5 Å². The van der Waals surface area contributed by atoms with Crippen molar-refractivity contribution in [2.75, 3.05) is 6.61 Å². The summed E-state index contributed by atoms with van der Waals surface area (Å²) in [6.07, 6.45) is 0. The highest BCUT2D eigenvalue weighted by Crippen LogP contribution is 2.21. The smallest absolute Gasteiger partial charge is 0.374 e. The molecule has 0 unspecified atom stereocenters. The molecule has 0 atom stereocenters. The van der Waals surface area contributed by atoms with Crippen LogP contribution in [0.3, 0.4) is 0 Å². The average Bonchev–Trinajstić information content (AvgIpc) is 3.04. The third kappa shape index (κ3) is 3.58. The van der Waals surface area contributed by atoms with Crippen LogP contribution in [0.5, 0.6) is 0 Å². The Balaban J connectivity index is 1.82. The number of rotatable bonds is 5. The van der Waals surface area contributed by atoms with Crippen molar-refractivity contribution >= 4 is 33.4 Å². The Morgan fingerprint density at radius 1 is 1.28 bits per heavy atom. The molecular weight excluding hydrogens is 342 g/mol. The van der Waals surface area contributed by atoms with Crippen LogP contribution in [-0.4, -0.2) is 28.5 Å². The second-order valence-corrected chi connectivity index (χ2v) is 5.98. The summed E-state index contributed by atoms with van der Waals surface area (Å²) in [7, 11) is 0. The van der Waals surface area contributed by atoms with E-state index in [1.54, 1.807) is 36.6 Å². The van der Waals surface area contributed by atoms with Crippen LogP contribution in [0, 0.1) is 0 Å². The molecule has 0 fully saturated rings. The fraction of sp³-hybridized carbons (Fsp3) is 0.176. The first-order valence-electron chi connectivity index (χ1n) is 7.61. The SMILES string of the molecule is CCOC(=O)c1nc2scc(CNC(=O)c3ccccc3)c2c(=O)[nH]1. The van der Waals surface area contributed by atoms with Gasteiger partial charge in [-0.15, -0.1) is 11.3 Å². The molecule has 25 heavy (non-hydrogen) atoms. The van der Waals surface area contributed by atoms with E-state index in [1.165, 1.54) is 11.3 Å². The third-order valence-corrected chi connectivity index (χ3v) is 4.39. The fourth-order valence-electron chi connectivity index (χ4n) is 2.30. The van der Waals surface area contributed by atoms with Crippen molar-refractivity contribution in [3.63, 3.8) is 0 Å². The number of hydrogen-bond donors (Lipinski definition) is 2. The number of H-pyrrole nitrogens is 1. The number of carbonyl (C=O) groups is 2. The van der Waals surface area contributed by atoms with Crippen LogP contribution in [0.4, 0.5) is 0 Å². The molecule has 8 heteroatoms. The van der Waals surface area contributed by atoms with E-state index in [4.69, 9.17) is 4.74 Å². The lowest BCUT2D eigenvalue weighted by molar-refractivity contribution is 0.0512. The lowest BCUT2D eigenvalue weighted by Crippen LogP contribution is -2.23. The van der Waals surface area contributed by atoms with E-state index in [2.05, 4.69) is 15.3 Å². The summed E-state index contributed by atoms with van der Waals surface area (Å²) in [6, 6.07) is 8.80. The molecule has 2 aromatic heterocycles. The maximum atomic E-state index is 12.3. The fourth-order valence-corrected chi connectivity index (χ4v) is 3.24. The standard InChI is InChI=1S/C17H15N3O4S/c1-2-24-17(23)13-19-15(22)12-11(9-25-16(12)20-13)8-18-14(21)10-6-4-3-5-7-10/h3-7,9H,2,8H2,1H3,(H,18,21)(H,19,20,22). The largest absolute Gasteiger partial charge is 0.460 e. The zero-order valence-electron chi connectivity index (χ0n) is 13.4. The number of nitrogens with zero attached hydrogens (tertiary/aromatic N) is 1. The van der Waals surface area contributed by atoms with Crippen molar-refractivity contribution in [3.8, 4) is 0 Å². The molecule has 2 N–H and O–H groups in total. The van der Waals surface area contributed by atoms with E-state index < -0.39 is 11.5 Å². The summed E-state index contributed by atoms with van der Waals surface area (Å²) < 4.78 is 4.84. The molecule has 2 heterocycles. The first kappa shape index (κ1) is 16.8. The van der Waals surface area contributed by atoms with Gasteiger partial charge in [0.05, 0.1) is 12.0 Å². The minimum atomic E-state index is -0.672. The average molecular weight is 357 g/mol. The van der Waals surface area contributed by atoms with E-state index in [0.717, 1.165) is 0 Å². The number of aromatic nitrogens is 2. The molecule has 0 bridgehead atoms. The minimum Gasteiger partial charge on any atom is -0.460 e. The zero-order chi connectivity index (χ0) is 17.8. The van der Waals surface area contributed by atoms with Crippen molar-refractivity contribution in [2.24, 2.45) is 0 Å². The topological polar surface area (TPSA) is 101 Å². The van der Waals surface area contributed by atoms with Crippen molar-refractivity contribution in [1.29, 1.82) is 0 Å². The molecule has 0 aliphatic carbocycles. The summed E-state index contributed by atoms with van der Waals surface area (Å²) in [5, 5.41) is 4.88. The molecule has 1 aromatic carbocycles. The number of nitrogens with one attached hydrogen (secondary N) is 2. The maximum Gasteiger partial charge on any atom is 0.374 e. The van der Waals surface area contributed by atoms with Gasteiger partial charge < -0.3 is 15.0 Å². The van der Waals surface area contributed by atoms with Gasteiger partial charge in [-0.1, -0.05) is 18.2 Å². The number of esters is 1. The van der Waals surface area contributed by atoms with Crippen LogP contribution in [0.1, 0.15) is 33.5 Å². The monoisotopic (exact) mass is 357 g/mol. The van der Waals surface area contributed by atoms with Crippen molar-refractivity contribution < 1.29 is 14.3 Å². The molecule has 128 valence electrons. The first-order valence-corrected chi connectivity index (χ1v) is 8.49. The Morgan fingerprint density at radius 2 is 2.04 bits per heavy atom. The highest BCUT2D eigenvalue weighted by atomic mass is 32.1. The van der Waals surface area contributed by atoms with Gasteiger partial charge in [0.1, 0.15) is 4.83 Å². The number of carbonyl (C=O) groups excluding carboxylic acids is 2. The lowest BCUT2D eigenvalue weighted by Gasteiger charge is -2.04. The molecule has 0 saturated carbocycles. The van der Waals surface area contributed by atoms with Gasteiger partial charge in [-0.25, -0.2) is 9.78 Å². The van der Waals surface area contributed by atoms with Crippen molar-refractivity contribution in [3.05, 3.63) is 63.0 Å². The molecule has 1 amide bonds. The quantitative estimate of drug-likeness (QED) is 0.681. The van der Waals surface area contributed by atoms with Gasteiger partial charge >= 0.3 is 5.97 Å². The van der Waals surface area contributed by atoms with E-state index >= 15 is 0 Å². The molecule has 0 aliphatic heterocycles. The van der Waals surface area contributed by atoms with Gasteiger partial charge in [0.25, 0.3) is 11.5 Å². The van der Waals surface area contributed by atoms with Crippen LogP contribution in [0.15, 0.2) is 40.5 Å². The summed E-state index contributed by atoms with van der Waals surface area (Å²) in [4.78, 5) is 43.1. The van der Waals surface area contributed by atoms with Gasteiger partial charge in [0, 0.05) is 12.1 Å². The van der Waals surface area contributed by atoms with Crippen LogP contribution in [-0.2, 0) is 11.3 Å². The van der Waals surface area contributed by atoms with E-state index in [9.17, 15) is 14.4 Å². The Hall–Kier alpha value is -3.00. The maximum absolute atomic E-state index is 12.3. The molecule has 0 aliphatic rings. The normalized spacial score (nSPS) is 10.6. The van der Waals surface area contributed by atoms with Gasteiger partial charge in [-0.05, 0) is 30.0 Å². The zero-order valence-corrected chi connectivity index (χ0v) is 14.2. The number of aromatic amines is 1. The molecule has 7 nitrogen and oxygen atoms in total. The Labute approximate surface area is 146 Å². The number of hydrogen-bond acceptors (Lipinski definition) is 6. The minimum absolute atomic E-state index is 0.124. The molecular formula is C17H15N3O4S. The second-order valence-electron chi connectivity index (χ2n) is 5.12. The van der Waals surface area contributed by atoms with E-state index in [0.29, 0.717) is 21.3 Å². The van der Waals surface area contributed by atoms with Crippen LogP contribution >= 0.6 is 11.3 Å². The van der Waals surface area contributed by atoms with Crippen LogP contribution < -0.4 is 10.9 Å². The van der Waals surface area contributed by atoms with E-state index in [1.807, 2.05) is 6.07 Å². The summed E-state index contributed by atoms with van der Waals surface area (Å²) in [5.74, 6) is -1.03. The Bertz CT molecular complexity index is 978. The van der Waals surface area contributed by atoms with Gasteiger partial charge in [-0.3, -0.25) is 9.59 Å². The third-order valence-electron chi connectivity index (χ3n) is 3.46. The molecule has 3 rings (SSSR count). The predicted molar refractivity (Wildman–Crippen MR) is 93.8 cm³/mol. The molecule has 0 saturated heterocycles. The summed E-state index contributed by atoms with van der Waals surface area (Å²) >= 11 is 1.24. The molecule has 0 spiro atoms. The first-order chi connectivity index (χ1) is 12.1. The Kier molecular flexibility index (Phi) is 4.90. The highest BCUT2D eigenvalue weighted by Gasteiger charge is 2.16. The number of ether oxygens (including phenoxy) is 1. The predicted octanol–water partition coefficient (Wildman–Crippen LogP) is 2.09. The lowest BCUT2D eigenvalue weighted by atomic mass is 10.2. The summed E-state index contributed by atoms with van der Waals surface area (Å²) in [6.45, 7) is 2.06. The number of thiophene rings is 1. The van der Waals surface area contributed by atoms with Crippen LogP contribution in [0.25, 0.3) is 10.2 Å². The number of fused-ring (bicyclic) bond motifs is 1. The summed E-state index contributed by atoms with van der Waals surface area (Å²) in [5.41, 5.74) is 0.755. The van der Waals surface area contributed by atoms with Gasteiger partial charge in [0.15, 0.2) is 0 Å².